The molecule has 1 atom stereocenters. The molecular formula is C19H23N5O2S. The van der Waals surface area contributed by atoms with E-state index in [1.54, 1.807) is 10.8 Å². The number of amides is 1. The number of aryl methyl sites for hydroxylation is 2. The van der Waals surface area contributed by atoms with Crippen LogP contribution in [0.4, 0.5) is 0 Å². The fourth-order valence-electron chi connectivity index (χ4n) is 3.53. The predicted octanol–water partition coefficient (Wildman–Crippen LogP) is 3.35. The number of carbonyl (C=O) groups excluding carboxylic acids is 1. The van der Waals surface area contributed by atoms with Gasteiger partial charge in [0.05, 0.1) is 18.7 Å². The molecule has 0 spiro atoms. The Morgan fingerprint density at radius 2 is 2.19 bits per heavy atom. The molecule has 0 N–H and O–H groups in total. The van der Waals surface area contributed by atoms with Crippen molar-refractivity contribution < 1.29 is 9.21 Å². The van der Waals surface area contributed by atoms with Gasteiger partial charge in [0, 0.05) is 23.0 Å². The SMILES string of the molecule is CSc1nc2nc(C)c(CC(=O)N(C3CC3)C(C)c3ccco3)c(C)n2n1. The Bertz CT molecular complexity index is 978. The normalized spacial score (nSPS) is 15.3. The van der Waals surface area contributed by atoms with Crippen LogP contribution in [0.3, 0.4) is 0 Å². The molecule has 3 heterocycles. The monoisotopic (exact) mass is 385 g/mol. The van der Waals surface area contributed by atoms with Gasteiger partial charge in [-0.2, -0.15) is 4.98 Å². The summed E-state index contributed by atoms with van der Waals surface area (Å²) in [5, 5.41) is 5.15. The minimum Gasteiger partial charge on any atom is -0.467 e. The first-order valence-electron chi connectivity index (χ1n) is 9.11. The van der Waals surface area contributed by atoms with E-state index in [2.05, 4.69) is 15.1 Å². The van der Waals surface area contributed by atoms with E-state index in [0.29, 0.717) is 23.4 Å². The zero-order valence-electron chi connectivity index (χ0n) is 16.0. The molecule has 4 rings (SSSR count). The lowest BCUT2D eigenvalue weighted by Crippen LogP contribution is -2.37. The number of rotatable bonds is 6. The van der Waals surface area contributed by atoms with E-state index in [1.807, 2.05) is 44.1 Å². The number of aromatic nitrogens is 4. The van der Waals surface area contributed by atoms with E-state index in [4.69, 9.17) is 4.42 Å². The molecule has 1 aliphatic rings. The molecule has 8 heteroatoms. The average molecular weight is 385 g/mol. The van der Waals surface area contributed by atoms with Gasteiger partial charge in [-0.15, -0.1) is 5.10 Å². The summed E-state index contributed by atoms with van der Waals surface area (Å²) in [5.41, 5.74) is 2.66. The van der Waals surface area contributed by atoms with E-state index in [0.717, 1.165) is 35.6 Å². The van der Waals surface area contributed by atoms with Crippen LogP contribution >= 0.6 is 11.8 Å². The van der Waals surface area contributed by atoms with E-state index < -0.39 is 0 Å². The number of fused-ring (bicyclic) bond motifs is 1. The number of carbonyl (C=O) groups is 1. The molecule has 3 aromatic heterocycles. The van der Waals surface area contributed by atoms with Crippen LogP contribution in [0.2, 0.25) is 0 Å². The van der Waals surface area contributed by atoms with Crippen LogP contribution in [-0.2, 0) is 11.2 Å². The molecule has 1 amide bonds. The highest BCUT2D eigenvalue weighted by Gasteiger charge is 2.37. The Hall–Kier alpha value is -2.35. The number of thioether (sulfide) groups is 1. The van der Waals surface area contributed by atoms with Crippen LogP contribution in [0.15, 0.2) is 28.0 Å². The lowest BCUT2D eigenvalue weighted by atomic mass is 10.1. The van der Waals surface area contributed by atoms with Gasteiger partial charge in [-0.3, -0.25) is 4.79 Å². The second-order valence-corrected chi connectivity index (χ2v) is 7.75. The Morgan fingerprint density at radius 1 is 1.41 bits per heavy atom. The standard InChI is InChI=1S/C19H23N5O2S/c1-11-15(12(2)24-18(20-11)21-19(22-24)27-4)10-17(25)23(14-7-8-14)13(3)16-6-5-9-26-16/h5-6,9,13-14H,7-8,10H2,1-4H3. The lowest BCUT2D eigenvalue weighted by Gasteiger charge is -2.28. The zero-order valence-corrected chi connectivity index (χ0v) is 16.8. The maximum absolute atomic E-state index is 13.2. The van der Waals surface area contributed by atoms with Crippen LogP contribution in [0, 0.1) is 13.8 Å². The highest BCUT2D eigenvalue weighted by Crippen LogP contribution is 2.35. The third kappa shape index (κ3) is 3.34. The lowest BCUT2D eigenvalue weighted by molar-refractivity contribution is -0.133. The van der Waals surface area contributed by atoms with Crippen molar-refractivity contribution in [2.24, 2.45) is 0 Å². The first kappa shape index (κ1) is 18.0. The van der Waals surface area contributed by atoms with Crippen molar-refractivity contribution >= 4 is 23.4 Å². The zero-order chi connectivity index (χ0) is 19.1. The summed E-state index contributed by atoms with van der Waals surface area (Å²) in [7, 11) is 0. The second kappa shape index (κ2) is 6.99. The van der Waals surface area contributed by atoms with Gasteiger partial charge < -0.3 is 9.32 Å². The molecule has 142 valence electrons. The molecule has 0 saturated heterocycles. The van der Waals surface area contributed by atoms with E-state index in [1.165, 1.54) is 11.8 Å². The summed E-state index contributed by atoms with van der Waals surface area (Å²) >= 11 is 1.48. The topological polar surface area (TPSA) is 76.5 Å². The first-order chi connectivity index (χ1) is 13.0. The number of nitrogens with zero attached hydrogens (tertiary/aromatic N) is 5. The fourth-order valence-corrected chi connectivity index (χ4v) is 3.87. The highest BCUT2D eigenvalue weighted by atomic mass is 32.2. The number of hydrogen-bond acceptors (Lipinski definition) is 6. The third-order valence-corrected chi connectivity index (χ3v) is 5.68. The van der Waals surface area contributed by atoms with Gasteiger partial charge in [0.2, 0.25) is 11.1 Å². The molecule has 0 radical (unpaired) electrons. The van der Waals surface area contributed by atoms with Crippen molar-refractivity contribution in [2.45, 2.75) is 57.3 Å². The van der Waals surface area contributed by atoms with Gasteiger partial charge in [0.1, 0.15) is 5.76 Å². The maximum Gasteiger partial charge on any atom is 0.253 e. The largest absolute Gasteiger partial charge is 0.467 e. The van der Waals surface area contributed by atoms with Crippen LogP contribution < -0.4 is 0 Å². The van der Waals surface area contributed by atoms with Gasteiger partial charge in [0.25, 0.3) is 5.78 Å². The van der Waals surface area contributed by atoms with Gasteiger partial charge in [-0.1, -0.05) is 11.8 Å². The maximum atomic E-state index is 13.2. The summed E-state index contributed by atoms with van der Waals surface area (Å²) < 4.78 is 7.28. The molecule has 1 fully saturated rings. The minimum atomic E-state index is -0.0771. The average Bonchev–Trinajstić information content (AvgIpc) is 3.16. The quantitative estimate of drug-likeness (QED) is 0.606. The summed E-state index contributed by atoms with van der Waals surface area (Å²) in [4.78, 5) is 24.2. The molecule has 1 aliphatic carbocycles. The molecule has 0 aliphatic heterocycles. The number of hydrogen-bond donors (Lipinski definition) is 0. The summed E-state index contributed by atoms with van der Waals surface area (Å²) in [6.07, 6.45) is 5.99. The van der Waals surface area contributed by atoms with Crippen molar-refractivity contribution in [1.29, 1.82) is 0 Å². The highest BCUT2D eigenvalue weighted by molar-refractivity contribution is 7.98. The van der Waals surface area contributed by atoms with Crippen LogP contribution in [0.5, 0.6) is 0 Å². The van der Waals surface area contributed by atoms with E-state index in [9.17, 15) is 4.79 Å². The summed E-state index contributed by atoms with van der Waals surface area (Å²) in [6.45, 7) is 5.93. The number of furan rings is 1. The van der Waals surface area contributed by atoms with Crippen molar-refractivity contribution in [3.05, 3.63) is 41.1 Å². The van der Waals surface area contributed by atoms with Gasteiger partial charge in [-0.05, 0) is 52.0 Å². The summed E-state index contributed by atoms with van der Waals surface area (Å²) in [5.74, 6) is 1.49. The molecule has 7 nitrogen and oxygen atoms in total. The van der Waals surface area contributed by atoms with Crippen LogP contribution in [0.1, 0.15) is 48.5 Å². The Balaban J connectivity index is 1.65. The van der Waals surface area contributed by atoms with Crippen LogP contribution in [-0.4, -0.2) is 42.7 Å². The fraction of sp³-hybridized carbons (Fsp3) is 0.474. The van der Waals surface area contributed by atoms with Crippen molar-refractivity contribution in [1.82, 2.24) is 24.5 Å². The molecule has 1 unspecified atom stereocenters. The molecule has 3 aromatic rings. The smallest absolute Gasteiger partial charge is 0.253 e. The predicted molar refractivity (Wildman–Crippen MR) is 103 cm³/mol. The van der Waals surface area contributed by atoms with Crippen molar-refractivity contribution in [3.63, 3.8) is 0 Å². The molecule has 1 saturated carbocycles. The Morgan fingerprint density at radius 3 is 2.81 bits per heavy atom. The summed E-state index contributed by atoms with van der Waals surface area (Å²) in [6, 6.07) is 4.01. The van der Waals surface area contributed by atoms with Gasteiger partial charge >= 0.3 is 0 Å². The molecule has 27 heavy (non-hydrogen) atoms. The Kier molecular flexibility index (Phi) is 4.67. The molecule has 0 bridgehead atoms. The van der Waals surface area contributed by atoms with Gasteiger partial charge in [0.15, 0.2) is 0 Å². The Labute approximate surface area is 162 Å². The van der Waals surface area contributed by atoms with Crippen molar-refractivity contribution in [3.8, 4) is 0 Å². The molecule has 0 aromatic carbocycles. The van der Waals surface area contributed by atoms with E-state index >= 15 is 0 Å². The first-order valence-corrected chi connectivity index (χ1v) is 10.3. The van der Waals surface area contributed by atoms with Gasteiger partial charge in [-0.25, -0.2) is 9.50 Å². The molecular weight excluding hydrogens is 362 g/mol. The third-order valence-electron chi connectivity index (χ3n) is 5.14. The van der Waals surface area contributed by atoms with Crippen molar-refractivity contribution in [2.75, 3.05) is 6.26 Å². The van der Waals surface area contributed by atoms with E-state index in [-0.39, 0.29) is 11.9 Å². The minimum absolute atomic E-state index is 0.0771. The van der Waals surface area contributed by atoms with Crippen LogP contribution in [0.25, 0.3) is 5.78 Å². The second-order valence-electron chi connectivity index (χ2n) is 6.97.